The van der Waals surface area contributed by atoms with Crippen LogP contribution in [0.3, 0.4) is 0 Å². The minimum atomic E-state index is -0.731. The van der Waals surface area contributed by atoms with Gasteiger partial charge in [-0.05, 0) is 49.6 Å². The molecular formula is C21H25NO3. The number of carboxylic acids is 1. The fraction of sp³-hybridized carbons (Fsp3) is 0.381. The number of aliphatic carboxylic acids is 1. The molecule has 3 rings (SSSR count). The van der Waals surface area contributed by atoms with E-state index >= 15 is 0 Å². The molecule has 4 heteroatoms. The van der Waals surface area contributed by atoms with Gasteiger partial charge in [0.25, 0.3) is 0 Å². The van der Waals surface area contributed by atoms with E-state index in [0.29, 0.717) is 6.42 Å². The lowest BCUT2D eigenvalue weighted by Crippen LogP contribution is -2.46. The molecule has 2 aromatic carbocycles. The molecule has 1 aliphatic rings. The van der Waals surface area contributed by atoms with Crippen molar-refractivity contribution in [3.8, 4) is 5.75 Å². The van der Waals surface area contributed by atoms with Crippen molar-refractivity contribution in [1.29, 1.82) is 0 Å². The smallest absolute Gasteiger partial charge is 0.320 e. The number of rotatable bonds is 5. The molecule has 0 amide bonds. The van der Waals surface area contributed by atoms with Crippen LogP contribution in [0.4, 0.5) is 0 Å². The summed E-state index contributed by atoms with van der Waals surface area (Å²) in [6, 6.07) is 15.8. The number of piperidine rings is 1. The van der Waals surface area contributed by atoms with E-state index in [9.17, 15) is 9.90 Å². The quantitative estimate of drug-likeness (QED) is 0.893. The number of hydrogen-bond donors (Lipinski definition) is 1. The van der Waals surface area contributed by atoms with Crippen LogP contribution >= 0.6 is 0 Å². The van der Waals surface area contributed by atoms with Gasteiger partial charge < -0.3 is 9.84 Å². The maximum Gasteiger partial charge on any atom is 0.320 e. The Balaban J connectivity index is 2.05. The van der Waals surface area contributed by atoms with Gasteiger partial charge in [0.15, 0.2) is 0 Å². The highest BCUT2D eigenvalue weighted by atomic mass is 16.5. The van der Waals surface area contributed by atoms with Gasteiger partial charge in [0.2, 0.25) is 0 Å². The molecule has 0 aromatic heterocycles. The average Bonchev–Trinajstić information content (AvgIpc) is 2.63. The summed E-state index contributed by atoms with van der Waals surface area (Å²) in [5.41, 5.74) is 3.41. The largest absolute Gasteiger partial charge is 0.497 e. The number of ether oxygens (including phenoxy) is 1. The monoisotopic (exact) mass is 339 g/mol. The molecule has 1 fully saturated rings. The summed E-state index contributed by atoms with van der Waals surface area (Å²) in [5, 5.41) is 9.73. The SMILES string of the molecule is COc1ccc(C(c2cccc(C)c2)N2CCCCC2C(=O)O)cc1. The van der Waals surface area contributed by atoms with Gasteiger partial charge in [-0.1, -0.05) is 48.4 Å². The van der Waals surface area contributed by atoms with Crippen LogP contribution in [0.15, 0.2) is 48.5 Å². The van der Waals surface area contributed by atoms with Crippen molar-refractivity contribution in [2.75, 3.05) is 13.7 Å². The molecule has 4 nitrogen and oxygen atoms in total. The summed E-state index contributed by atoms with van der Waals surface area (Å²) in [5.74, 6) is 0.0750. The van der Waals surface area contributed by atoms with Gasteiger partial charge in [-0.3, -0.25) is 9.69 Å². The molecule has 0 saturated carbocycles. The van der Waals surface area contributed by atoms with E-state index in [2.05, 4.69) is 30.0 Å². The summed E-state index contributed by atoms with van der Waals surface area (Å²) in [6.45, 7) is 2.86. The molecule has 1 heterocycles. The van der Waals surface area contributed by atoms with Crippen LogP contribution in [0.25, 0.3) is 0 Å². The molecule has 132 valence electrons. The van der Waals surface area contributed by atoms with Gasteiger partial charge in [-0.25, -0.2) is 0 Å². The highest BCUT2D eigenvalue weighted by Crippen LogP contribution is 2.35. The lowest BCUT2D eigenvalue weighted by Gasteiger charge is -2.39. The minimum absolute atomic E-state index is 0.0628. The Morgan fingerprint density at radius 1 is 1.16 bits per heavy atom. The third-order valence-electron chi connectivity index (χ3n) is 4.95. The second-order valence-corrected chi connectivity index (χ2v) is 6.68. The number of carboxylic acid groups (broad SMARTS) is 1. The zero-order valence-corrected chi connectivity index (χ0v) is 14.8. The first-order chi connectivity index (χ1) is 12.1. The molecule has 2 aromatic rings. The highest BCUT2D eigenvalue weighted by Gasteiger charge is 2.35. The Bertz CT molecular complexity index is 726. The van der Waals surface area contributed by atoms with Crippen LogP contribution in [0.2, 0.25) is 0 Å². The number of benzene rings is 2. The van der Waals surface area contributed by atoms with Crippen molar-refractivity contribution in [2.45, 2.75) is 38.3 Å². The predicted octanol–water partition coefficient (Wildman–Crippen LogP) is 4.03. The fourth-order valence-electron chi connectivity index (χ4n) is 3.73. The summed E-state index contributed by atoms with van der Waals surface area (Å²) in [6.07, 6.45) is 2.70. The third kappa shape index (κ3) is 3.85. The summed E-state index contributed by atoms with van der Waals surface area (Å²) >= 11 is 0. The number of carbonyl (C=O) groups is 1. The van der Waals surface area contributed by atoms with Crippen LogP contribution in [0, 0.1) is 6.92 Å². The molecule has 0 bridgehead atoms. The number of likely N-dealkylation sites (tertiary alicyclic amines) is 1. The van der Waals surface area contributed by atoms with Gasteiger partial charge in [0.1, 0.15) is 11.8 Å². The number of nitrogens with zero attached hydrogens (tertiary/aromatic N) is 1. The van der Waals surface area contributed by atoms with Crippen LogP contribution in [-0.4, -0.2) is 35.7 Å². The number of methoxy groups -OCH3 is 1. The van der Waals surface area contributed by atoms with Crippen molar-refractivity contribution < 1.29 is 14.6 Å². The zero-order chi connectivity index (χ0) is 17.8. The Kier molecular flexibility index (Phi) is 5.39. The van der Waals surface area contributed by atoms with Crippen LogP contribution in [0.1, 0.15) is 42.0 Å². The maximum absolute atomic E-state index is 11.8. The Labute approximate surface area is 149 Å². The van der Waals surface area contributed by atoms with Gasteiger partial charge in [-0.15, -0.1) is 0 Å². The molecule has 25 heavy (non-hydrogen) atoms. The minimum Gasteiger partial charge on any atom is -0.497 e. The Morgan fingerprint density at radius 2 is 1.92 bits per heavy atom. The topological polar surface area (TPSA) is 49.8 Å². The number of hydrogen-bond acceptors (Lipinski definition) is 3. The normalized spacial score (nSPS) is 19.4. The molecule has 1 N–H and O–H groups in total. The van der Waals surface area contributed by atoms with Gasteiger partial charge in [-0.2, -0.15) is 0 Å². The first kappa shape index (κ1) is 17.5. The van der Waals surface area contributed by atoms with E-state index in [1.54, 1.807) is 7.11 Å². The highest BCUT2D eigenvalue weighted by molar-refractivity contribution is 5.73. The van der Waals surface area contributed by atoms with Gasteiger partial charge in [0, 0.05) is 0 Å². The second-order valence-electron chi connectivity index (χ2n) is 6.68. The van der Waals surface area contributed by atoms with Crippen molar-refractivity contribution in [2.24, 2.45) is 0 Å². The van der Waals surface area contributed by atoms with Gasteiger partial charge >= 0.3 is 5.97 Å². The zero-order valence-electron chi connectivity index (χ0n) is 14.8. The summed E-state index contributed by atoms with van der Waals surface area (Å²) < 4.78 is 5.27. The lowest BCUT2D eigenvalue weighted by molar-refractivity contribution is -0.145. The molecular weight excluding hydrogens is 314 g/mol. The molecule has 0 spiro atoms. The Hall–Kier alpha value is -2.33. The number of aryl methyl sites for hydroxylation is 1. The van der Waals surface area contributed by atoms with Crippen molar-refractivity contribution in [1.82, 2.24) is 4.90 Å². The standard InChI is InChI=1S/C21H25NO3/c1-15-6-5-7-17(14-15)20(16-9-11-18(25-2)12-10-16)22-13-4-3-8-19(22)21(23)24/h5-7,9-12,14,19-20H,3-4,8,13H2,1-2H3,(H,23,24). The van der Waals surface area contributed by atoms with E-state index in [-0.39, 0.29) is 6.04 Å². The molecule has 0 aliphatic carbocycles. The van der Waals surface area contributed by atoms with Gasteiger partial charge in [0.05, 0.1) is 13.2 Å². The van der Waals surface area contributed by atoms with E-state index in [0.717, 1.165) is 36.3 Å². The van der Waals surface area contributed by atoms with Crippen LogP contribution in [0.5, 0.6) is 5.75 Å². The first-order valence-electron chi connectivity index (χ1n) is 8.79. The van der Waals surface area contributed by atoms with Crippen molar-refractivity contribution in [3.63, 3.8) is 0 Å². The maximum atomic E-state index is 11.8. The van der Waals surface area contributed by atoms with Crippen molar-refractivity contribution >= 4 is 5.97 Å². The van der Waals surface area contributed by atoms with E-state index in [4.69, 9.17) is 4.74 Å². The fourth-order valence-corrected chi connectivity index (χ4v) is 3.73. The second kappa shape index (κ2) is 7.70. The first-order valence-corrected chi connectivity index (χ1v) is 8.79. The predicted molar refractivity (Wildman–Crippen MR) is 98.0 cm³/mol. The Morgan fingerprint density at radius 3 is 2.56 bits per heavy atom. The summed E-state index contributed by atoms with van der Waals surface area (Å²) in [7, 11) is 1.65. The molecule has 2 atom stereocenters. The lowest BCUT2D eigenvalue weighted by atomic mass is 9.91. The average molecular weight is 339 g/mol. The molecule has 2 unspecified atom stereocenters. The molecule has 1 saturated heterocycles. The van der Waals surface area contributed by atoms with Crippen LogP contribution in [-0.2, 0) is 4.79 Å². The van der Waals surface area contributed by atoms with E-state index in [1.807, 2.05) is 30.3 Å². The van der Waals surface area contributed by atoms with E-state index < -0.39 is 12.0 Å². The van der Waals surface area contributed by atoms with Crippen molar-refractivity contribution in [3.05, 3.63) is 65.2 Å². The van der Waals surface area contributed by atoms with E-state index in [1.165, 1.54) is 5.56 Å². The molecule has 0 radical (unpaired) electrons. The third-order valence-corrected chi connectivity index (χ3v) is 4.95. The summed E-state index contributed by atoms with van der Waals surface area (Å²) in [4.78, 5) is 14.0. The molecule has 1 aliphatic heterocycles. The van der Waals surface area contributed by atoms with Crippen LogP contribution < -0.4 is 4.74 Å².